The molecule has 1 aromatic heterocycles. The van der Waals surface area contributed by atoms with Crippen LogP contribution >= 0.6 is 35.3 Å². The zero-order valence-corrected chi connectivity index (χ0v) is 14.8. The lowest BCUT2D eigenvalue weighted by molar-refractivity contribution is -0.133. The predicted molar refractivity (Wildman–Crippen MR) is 95.9 cm³/mol. The molecule has 0 radical (unpaired) electrons. The smallest absolute Gasteiger partial charge is 0.313 e. The van der Waals surface area contributed by atoms with E-state index in [9.17, 15) is 9.59 Å². The summed E-state index contributed by atoms with van der Waals surface area (Å²) in [6, 6.07) is 5.51. The van der Waals surface area contributed by atoms with Gasteiger partial charge in [0.15, 0.2) is 0 Å². The number of hydrogen-bond acceptors (Lipinski definition) is 7. The van der Waals surface area contributed by atoms with Gasteiger partial charge in [0, 0.05) is 0 Å². The Labute approximate surface area is 146 Å². The second-order valence-electron chi connectivity index (χ2n) is 4.36. The second kappa shape index (κ2) is 8.32. The Kier molecular flexibility index (Phi) is 6.43. The van der Waals surface area contributed by atoms with Crippen LogP contribution in [0.15, 0.2) is 23.0 Å². The molecule has 0 fully saturated rings. The summed E-state index contributed by atoms with van der Waals surface area (Å²) in [6.45, 7) is 3.03. The minimum atomic E-state index is -0.953. The highest BCUT2D eigenvalue weighted by Crippen LogP contribution is 2.23. The Hall–Kier alpha value is -1.58. The monoisotopic (exact) mass is 373 g/mol. The van der Waals surface area contributed by atoms with Crippen molar-refractivity contribution in [2.24, 2.45) is 0 Å². The lowest BCUT2D eigenvalue weighted by atomic mass is 10.3. The number of thioether (sulfide) groups is 1. The number of carboxylic acids is 1. The predicted octanol–water partition coefficient (Wildman–Crippen LogP) is 2.58. The van der Waals surface area contributed by atoms with E-state index in [1.54, 1.807) is 4.57 Å². The SMILES string of the molecule is CCOc1ccc2c(c1)sc(=O)n2CCOC(=S)SCC(=O)O. The van der Waals surface area contributed by atoms with Crippen molar-refractivity contribution in [2.75, 3.05) is 19.0 Å². The van der Waals surface area contributed by atoms with E-state index in [0.717, 1.165) is 39.1 Å². The molecule has 0 bridgehead atoms. The maximum absolute atomic E-state index is 12.1. The van der Waals surface area contributed by atoms with Crippen molar-refractivity contribution >= 4 is 55.9 Å². The third-order valence-corrected chi connectivity index (χ3v) is 4.96. The average molecular weight is 373 g/mol. The fraction of sp³-hybridized carbons (Fsp3) is 0.357. The number of benzene rings is 1. The summed E-state index contributed by atoms with van der Waals surface area (Å²) >= 11 is 7.01. The van der Waals surface area contributed by atoms with E-state index in [0.29, 0.717) is 13.2 Å². The quantitative estimate of drug-likeness (QED) is 0.747. The van der Waals surface area contributed by atoms with Crippen LogP contribution in [0.4, 0.5) is 0 Å². The number of thiocarbonyl (C=S) groups is 1. The fourth-order valence-electron chi connectivity index (χ4n) is 1.90. The molecule has 0 aliphatic carbocycles. The van der Waals surface area contributed by atoms with E-state index >= 15 is 0 Å². The van der Waals surface area contributed by atoms with Gasteiger partial charge >= 0.3 is 10.8 Å². The van der Waals surface area contributed by atoms with Crippen molar-refractivity contribution < 1.29 is 19.4 Å². The minimum Gasteiger partial charge on any atom is -0.494 e. The van der Waals surface area contributed by atoms with Crippen molar-refractivity contribution in [3.8, 4) is 5.75 Å². The Morgan fingerprint density at radius 3 is 2.96 bits per heavy atom. The van der Waals surface area contributed by atoms with Gasteiger partial charge < -0.3 is 14.6 Å². The number of fused-ring (bicyclic) bond motifs is 1. The van der Waals surface area contributed by atoms with Gasteiger partial charge in [-0.1, -0.05) is 23.1 Å². The molecule has 0 amide bonds. The lowest BCUT2D eigenvalue weighted by Gasteiger charge is -2.07. The molecule has 0 aliphatic heterocycles. The Morgan fingerprint density at radius 2 is 2.26 bits per heavy atom. The van der Waals surface area contributed by atoms with Crippen molar-refractivity contribution in [3.05, 3.63) is 27.9 Å². The van der Waals surface area contributed by atoms with Crippen molar-refractivity contribution in [1.29, 1.82) is 0 Å². The van der Waals surface area contributed by atoms with Crippen LogP contribution in [0.3, 0.4) is 0 Å². The largest absolute Gasteiger partial charge is 0.494 e. The minimum absolute atomic E-state index is 0.0821. The highest BCUT2D eigenvalue weighted by Gasteiger charge is 2.09. The molecule has 2 rings (SSSR count). The number of thiazole rings is 1. The summed E-state index contributed by atoms with van der Waals surface area (Å²) in [7, 11) is 0. The van der Waals surface area contributed by atoms with Gasteiger partial charge in [-0.25, -0.2) is 0 Å². The number of rotatable bonds is 7. The van der Waals surface area contributed by atoms with E-state index < -0.39 is 5.97 Å². The van der Waals surface area contributed by atoms with Gasteiger partial charge in [0.1, 0.15) is 12.4 Å². The molecule has 9 heteroatoms. The van der Waals surface area contributed by atoms with E-state index in [1.165, 1.54) is 0 Å². The van der Waals surface area contributed by atoms with Crippen LogP contribution in [0.5, 0.6) is 5.75 Å². The third kappa shape index (κ3) is 4.95. The van der Waals surface area contributed by atoms with E-state index in [4.69, 9.17) is 26.8 Å². The Morgan fingerprint density at radius 1 is 1.48 bits per heavy atom. The molecule has 0 saturated heterocycles. The molecule has 1 heterocycles. The number of aromatic nitrogens is 1. The van der Waals surface area contributed by atoms with Crippen LogP contribution in [0, 0.1) is 0 Å². The van der Waals surface area contributed by atoms with Gasteiger partial charge in [-0.3, -0.25) is 14.2 Å². The molecule has 2 aromatic rings. The van der Waals surface area contributed by atoms with Crippen LogP contribution in [0.25, 0.3) is 10.2 Å². The first-order valence-electron chi connectivity index (χ1n) is 6.78. The average Bonchev–Trinajstić information content (AvgIpc) is 2.81. The van der Waals surface area contributed by atoms with Crippen molar-refractivity contribution in [3.63, 3.8) is 0 Å². The number of carboxylic acid groups (broad SMARTS) is 1. The van der Waals surface area contributed by atoms with Gasteiger partial charge in [0.2, 0.25) is 4.38 Å². The molecule has 0 aliphatic rings. The standard InChI is InChI=1S/C14H15NO5S3/c1-2-19-9-3-4-10-11(7-9)23-13(18)15(10)5-6-20-14(21)22-8-12(16)17/h3-4,7H,2,5-6,8H2,1H3,(H,16,17). The molecular weight excluding hydrogens is 358 g/mol. The van der Waals surface area contributed by atoms with E-state index in [1.807, 2.05) is 25.1 Å². The van der Waals surface area contributed by atoms with Crippen molar-refractivity contribution in [2.45, 2.75) is 13.5 Å². The van der Waals surface area contributed by atoms with Gasteiger partial charge in [-0.05, 0) is 37.3 Å². The first-order chi connectivity index (χ1) is 11.0. The molecule has 23 heavy (non-hydrogen) atoms. The molecular formula is C14H15NO5S3. The zero-order chi connectivity index (χ0) is 16.8. The second-order valence-corrected chi connectivity index (χ2v) is 6.93. The topological polar surface area (TPSA) is 77.8 Å². The van der Waals surface area contributed by atoms with Crippen LogP contribution < -0.4 is 9.61 Å². The molecule has 0 atom stereocenters. The molecule has 0 spiro atoms. The maximum Gasteiger partial charge on any atom is 0.313 e. The van der Waals surface area contributed by atoms with E-state index in [-0.39, 0.29) is 21.6 Å². The van der Waals surface area contributed by atoms with Gasteiger partial charge in [-0.2, -0.15) is 0 Å². The first-order valence-corrected chi connectivity index (χ1v) is 9.00. The summed E-state index contributed by atoms with van der Waals surface area (Å²) in [6.07, 6.45) is 0. The summed E-state index contributed by atoms with van der Waals surface area (Å²) in [5.41, 5.74) is 0.816. The highest BCUT2D eigenvalue weighted by atomic mass is 32.2. The zero-order valence-electron chi connectivity index (χ0n) is 12.3. The maximum atomic E-state index is 12.1. The molecule has 124 valence electrons. The first kappa shape index (κ1) is 17.8. The highest BCUT2D eigenvalue weighted by molar-refractivity contribution is 8.23. The number of ether oxygens (including phenoxy) is 2. The van der Waals surface area contributed by atoms with Gasteiger partial charge in [0.05, 0.1) is 29.1 Å². The van der Waals surface area contributed by atoms with Gasteiger partial charge in [0.25, 0.3) is 0 Å². The Bertz CT molecular complexity index is 767. The number of hydrogen-bond donors (Lipinski definition) is 1. The number of aliphatic carboxylic acids is 1. The van der Waals surface area contributed by atoms with Crippen LogP contribution in [0.2, 0.25) is 0 Å². The molecule has 0 unspecified atom stereocenters. The number of nitrogens with zero attached hydrogens (tertiary/aromatic N) is 1. The number of carbonyl (C=O) groups is 1. The van der Waals surface area contributed by atoms with Crippen LogP contribution in [0.1, 0.15) is 6.92 Å². The summed E-state index contributed by atoms with van der Waals surface area (Å²) in [5, 5.41) is 8.56. The summed E-state index contributed by atoms with van der Waals surface area (Å²) in [4.78, 5) is 22.4. The molecule has 6 nitrogen and oxygen atoms in total. The molecule has 0 saturated carbocycles. The van der Waals surface area contributed by atoms with E-state index in [2.05, 4.69) is 0 Å². The molecule has 1 N–H and O–H groups in total. The molecule has 1 aromatic carbocycles. The Balaban J connectivity index is 2.00. The van der Waals surface area contributed by atoms with Crippen LogP contribution in [-0.4, -0.2) is 39.0 Å². The third-order valence-electron chi connectivity index (χ3n) is 2.80. The summed E-state index contributed by atoms with van der Waals surface area (Å²) in [5.74, 6) is -0.359. The van der Waals surface area contributed by atoms with Crippen molar-refractivity contribution in [1.82, 2.24) is 4.57 Å². The summed E-state index contributed by atoms with van der Waals surface area (Å²) < 4.78 is 13.3. The lowest BCUT2D eigenvalue weighted by Crippen LogP contribution is -2.17. The van der Waals surface area contributed by atoms with Crippen LogP contribution in [-0.2, 0) is 16.1 Å². The van der Waals surface area contributed by atoms with Gasteiger partial charge in [-0.15, -0.1) is 0 Å². The normalized spacial score (nSPS) is 10.7. The fourth-order valence-corrected chi connectivity index (χ4v) is 3.51.